The Morgan fingerprint density at radius 2 is 2.17 bits per heavy atom. The number of rotatable bonds is 4. The average Bonchev–Trinajstić information content (AvgIpc) is 2.99. The molecule has 2 unspecified atom stereocenters. The lowest BCUT2D eigenvalue weighted by molar-refractivity contribution is -0.0939. The van der Waals surface area contributed by atoms with E-state index in [2.05, 4.69) is 29.6 Å². The van der Waals surface area contributed by atoms with E-state index in [4.69, 9.17) is 10.5 Å². The molecule has 132 valence electrons. The second-order valence-electron chi connectivity index (χ2n) is 7.37. The van der Waals surface area contributed by atoms with E-state index >= 15 is 0 Å². The summed E-state index contributed by atoms with van der Waals surface area (Å²) >= 11 is 0. The molecular weight excluding hydrogens is 327 g/mol. The summed E-state index contributed by atoms with van der Waals surface area (Å²) in [6.07, 6.45) is 6.63. The molecule has 0 aromatic carbocycles. The Labute approximate surface area is 141 Å². The number of aromatic nitrogens is 3. The number of nitrogens with two attached hydrogens (primary N) is 1. The van der Waals surface area contributed by atoms with Gasteiger partial charge in [-0.25, -0.2) is 9.97 Å². The van der Waals surface area contributed by atoms with Crippen molar-refractivity contribution < 1.29 is 14.9 Å². The molecule has 0 spiro atoms. The van der Waals surface area contributed by atoms with Crippen LogP contribution in [0, 0.1) is 0 Å². The minimum Gasteiger partial charge on any atom is -0.397 e. The van der Waals surface area contributed by atoms with E-state index in [9.17, 15) is 10.2 Å². The van der Waals surface area contributed by atoms with Gasteiger partial charge in [0.15, 0.2) is 11.9 Å². The largest absolute Gasteiger partial charge is 0.397 e. The van der Waals surface area contributed by atoms with Gasteiger partial charge in [-0.3, -0.25) is 4.57 Å². The molecule has 3 rings (SSSR count). The number of aliphatic hydroxyl groups excluding tert-OH is 1. The molecule has 3 heterocycles. The summed E-state index contributed by atoms with van der Waals surface area (Å²) in [5.74, 6) is 0. The van der Waals surface area contributed by atoms with Crippen LogP contribution >= 0.6 is 6.89 Å². The number of anilines is 1. The van der Waals surface area contributed by atoms with E-state index in [0.29, 0.717) is 23.3 Å². The zero-order valence-electron chi connectivity index (χ0n) is 14.3. The van der Waals surface area contributed by atoms with Crippen molar-refractivity contribution in [1.29, 1.82) is 0 Å². The van der Waals surface area contributed by atoms with Gasteiger partial charge in [0.1, 0.15) is 17.2 Å². The first-order chi connectivity index (χ1) is 11.1. The molecular formula is C16H25N4O3P. The van der Waals surface area contributed by atoms with Crippen molar-refractivity contribution in [3.63, 3.8) is 0 Å². The minimum atomic E-state index is -1.45. The van der Waals surface area contributed by atoms with Crippen LogP contribution in [0.2, 0.25) is 0 Å². The van der Waals surface area contributed by atoms with E-state index in [1.807, 2.05) is 0 Å². The quantitative estimate of drug-likeness (QED) is 0.712. The number of nitrogen functional groups attached to an aromatic ring is 1. The molecule has 0 aliphatic carbocycles. The van der Waals surface area contributed by atoms with Crippen molar-refractivity contribution in [2.24, 2.45) is 0 Å². The number of hydrogen-bond donors (Lipinski definition) is 3. The van der Waals surface area contributed by atoms with Gasteiger partial charge in [0.25, 0.3) is 0 Å². The standard InChI is InChI=1S/C16H25N4O3P/c1-16(22)13(21)11(6-8-24(2,3)4)23-15(16)20-9-19-12-10(17)5-7-18-14(12)20/h5,7,9,11,13,15,21-22H,2,6,8H2,1,3-4H3,(H2,17,18)/t11?,13-,15?,16-/m1/s1. The maximum Gasteiger partial charge on any atom is 0.168 e. The zero-order chi connectivity index (χ0) is 17.7. The maximum atomic E-state index is 10.8. The molecule has 1 fully saturated rings. The lowest BCUT2D eigenvalue weighted by Crippen LogP contribution is -2.43. The highest BCUT2D eigenvalue weighted by atomic mass is 31.2. The van der Waals surface area contributed by atoms with Gasteiger partial charge < -0.3 is 20.7 Å². The monoisotopic (exact) mass is 352 g/mol. The third-order valence-corrected chi connectivity index (χ3v) is 5.99. The van der Waals surface area contributed by atoms with Crippen molar-refractivity contribution in [1.82, 2.24) is 14.5 Å². The fourth-order valence-electron chi connectivity index (χ4n) is 3.07. The van der Waals surface area contributed by atoms with Crippen LogP contribution in [0.25, 0.3) is 11.2 Å². The summed E-state index contributed by atoms with van der Waals surface area (Å²) < 4.78 is 7.65. The molecule has 7 nitrogen and oxygen atoms in total. The van der Waals surface area contributed by atoms with E-state index in [-0.39, 0.29) is 0 Å². The van der Waals surface area contributed by atoms with Crippen LogP contribution in [-0.2, 0) is 4.74 Å². The van der Waals surface area contributed by atoms with E-state index in [0.717, 1.165) is 6.16 Å². The summed E-state index contributed by atoms with van der Waals surface area (Å²) in [6, 6.07) is 1.67. The Morgan fingerprint density at radius 3 is 2.83 bits per heavy atom. The highest BCUT2D eigenvalue weighted by Gasteiger charge is 2.53. The van der Waals surface area contributed by atoms with Crippen molar-refractivity contribution in [3.8, 4) is 0 Å². The highest BCUT2D eigenvalue weighted by molar-refractivity contribution is 7.72. The van der Waals surface area contributed by atoms with Gasteiger partial charge in [0.05, 0.1) is 18.1 Å². The molecule has 24 heavy (non-hydrogen) atoms. The van der Waals surface area contributed by atoms with Crippen LogP contribution in [0.5, 0.6) is 0 Å². The topological polar surface area (TPSA) is 106 Å². The number of aliphatic hydroxyl groups is 2. The van der Waals surface area contributed by atoms with Crippen LogP contribution in [0.1, 0.15) is 19.6 Å². The normalized spacial score (nSPS) is 31.0. The Kier molecular flexibility index (Phi) is 4.24. The number of nitrogens with zero attached hydrogens (tertiary/aromatic N) is 3. The molecule has 1 saturated heterocycles. The fraction of sp³-hybridized carbons (Fsp3) is 0.562. The second kappa shape index (κ2) is 5.85. The van der Waals surface area contributed by atoms with Crippen LogP contribution in [0.4, 0.5) is 5.69 Å². The summed E-state index contributed by atoms with van der Waals surface area (Å²) in [4.78, 5) is 8.55. The number of ether oxygens (including phenoxy) is 1. The zero-order valence-corrected chi connectivity index (χ0v) is 15.1. The molecule has 0 bridgehead atoms. The number of pyridine rings is 1. The van der Waals surface area contributed by atoms with Crippen molar-refractivity contribution in [3.05, 3.63) is 18.6 Å². The molecule has 1 aliphatic rings. The SMILES string of the molecule is C=P(C)(C)CCC1OC(n2cnc3c(N)ccnc32)[C@](C)(O)[C@@H]1O. The Hall–Kier alpha value is -1.40. The molecule has 2 aromatic heterocycles. The van der Waals surface area contributed by atoms with Crippen LogP contribution in [-0.4, -0.2) is 68.3 Å². The molecule has 0 amide bonds. The van der Waals surface area contributed by atoms with Crippen molar-refractivity contribution >= 4 is 30.0 Å². The van der Waals surface area contributed by atoms with Crippen LogP contribution in [0.3, 0.4) is 0 Å². The minimum absolute atomic E-state index is 0.454. The predicted molar refractivity (Wildman–Crippen MR) is 97.9 cm³/mol. The first-order valence-electron chi connectivity index (χ1n) is 7.91. The van der Waals surface area contributed by atoms with Crippen LogP contribution < -0.4 is 5.73 Å². The van der Waals surface area contributed by atoms with Crippen molar-refractivity contribution in [2.45, 2.75) is 37.4 Å². The van der Waals surface area contributed by atoms with Gasteiger partial charge in [0, 0.05) is 6.20 Å². The fourth-order valence-corrected chi connectivity index (χ4v) is 4.03. The third-order valence-electron chi connectivity index (χ3n) is 4.52. The number of hydrogen-bond acceptors (Lipinski definition) is 6. The second-order valence-corrected chi connectivity index (χ2v) is 11.7. The van der Waals surface area contributed by atoms with Gasteiger partial charge in [0.2, 0.25) is 0 Å². The molecule has 8 heteroatoms. The van der Waals surface area contributed by atoms with Gasteiger partial charge in [-0.15, -0.1) is 13.2 Å². The van der Waals surface area contributed by atoms with E-state index in [1.165, 1.54) is 0 Å². The third kappa shape index (κ3) is 2.97. The van der Waals surface area contributed by atoms with Gasteiger partial charge in [-0.1, -0.05) is 0 Å². The van der Waals surface area contributed by atoms with Gasteiger partial charge in [-0.2, -0.15) is 0 Å². The number of imidazole rings is 1. The molecule has 0 saturated carbocycles. The lowest BCUT2D eigenvalue weighted by Gasteiger charge is -2.27. The van der Waals surface area contributed by atoms with Gasteiger partial charge in [-0.05, 0) is 38.9 Å². The lowest BCUT2D eigenvalue weighted by atomic mass is 9.95. The van der Waals surface area contributed by atoms with E-state index in [1.54, 1.807) is 30.1 Å². The summed E-state index contributed by atoms with van der Waals surface area (Å²) in [5.41, 5.74) is 6.06. The first kappa shape index (κ1) is 17.4. The summed E-state index contributed by atoms with van der Waals surface area (Å²) in [5, 5.41) is 21.4. The highest BCUT2D eigenvalue weighted by Crippen LogP contribution is 2.43. The predicted octanol–water partition coefficient (Wildman–Crippen LogP) is 1.12. The molecule has 4 N–H and O–H groups in total. The van der Waals surface area contributed by atoms with Gasteiger partial charge >= 0.3 is 0 Å². The molecule has 0 radical (unpaired) electrons. The summed E-state index contributed by atoms with van der Waals surface area (Å²) in [7, 11) is 0. The number of fused-ring (bicyclic) bond motifs is 1. The Bertz CT molecular complexity index is 798. The van der Waals surface area contributed by atoms with E-state index < -0.39 is 30.9 Å². The first-order valence-corrected chi connectivity index (χ1v) is 11.0. The van der Waals surface area contributed by atoms with Crippen molar-refractivity contribution in [2.75, 3.05) is 25.2 Å². The Balaban J connectivity index is 1.92. The summed E-state index contributed by atoms with van der Waals surface area (Å²) in [6.45, 7) is 4.62. The molecule has 2 aromatic rings. The Morgan fingerprint density at radius 1 is 1.46 bits per heavy atom. The molecule has 4 atom stereocenters. The van der Waals surface area contributed by atoms with Crippen LogP contribution in [0.15, 0.2) is 18.6 Å². The molecule has 1 aliphatic heterocycles. The maximum absolute atomic E-state index is 10.8. The smallest absolute Gasteiger partial charge is 0.168 e. The average molecular weight is 352 g/mol.